The minimum absolute atomic E-state index is 0.290. The summed E-state index contributed by atoms with van der Waals surface area (Å²) < 4.78 is 0.929. The molecular weight excluding hydrogens is 240 g/mol. The third-order valence-electron chi connectivity index (χ3n) is 3.19. The predicted molar refractivity (Wildman–Crippen MR) is 61.1 cm³/mol. The summed E-state index contributed by atoms with van der Waals surface area (Å²) in [4.78, 5) is 4.55. The number of halogens is 1. The topological polar surface area (TPSA) is 38.9 Å². The molecule has 0 spiro atoms. The number of hydrogen-bond donors (Lipinski definition) is 1. The third kappa shape index (κ3) is 1.71. The molecule has 0 amide bonds. The first-order chi connectivity index (χ1) is 6.77. The maximum Gasteiger partial charge on any atom is 0.106 e. The average molecular weight is 255 g/mol. The number of pyridine rings is 1. The highest BCUT2D eigenvalue weighted by molar-refractivity contribution is 9.10. The number of hydrogen-bond acceptors (Lipinski definition) is 2. The lowest BCUT2D eigenvalue weighted by atomic mass is 9.64. The Morgan fingerprint density at radius 2 is 2.21 bits per heavy atom. The van der Waals surface area contributed by atoms with Gasteiger partial charge >= 0.3 is 0 Å². The molecule has 14 heavy (non-hydrogen) atoms. The Bertz CT molecular complexity index is 321. The van der Waals surface area contributed by atoms with Crippen LogP contribution < -0.4 is 5.73 Å². The molecule has 1 fully saturated rings. The predicted octanol–water partition coefficient (Wildman–Crippen LogP) is 2.61. The molecule has 1 aliphatic rings. The van der Waals surface area contributed by atoms with Crippen molar-refractivity contribution in [3.63, 3.8) is 0 Å². The van der Waals surface area contributed by atoms with Crippen molar-refractivity contribution in [3.05, 3.63) is 28.5 Å². The fourth-order valence-corrected chi connectivity index (χ4v) is 2.56. The van der Waals surface area contributed by atoms with Crippen molar-refractivity contribution >= 4 is 15.9 Å². The van der Waals surface area contributed by atoms with Crippen LogP contribution in [0.2, 0.25) is 0 Å². The van der Waals surface area contributed by atoms with Gasteiger partial charge < -0.3 is 5.73 Å². The van der Waals surface area contributed by atoms with Crippen LogP contribution in [-0.4, -0.2) is 11.5 Å². The maximum absolute atomic E-state index is 5.66. The van der Waals surface area contributed by atoms with E-state index in [0.29, 0.717) is 5.41 Å². The third-order valence-corrected chi connectivity index (χ3v) is 3.63. The van der Waals surface area contributed by atoms with E-state index in [0.717, 1.165) is 17.6 Å². The fourth-order valence-electron chi connectivity index (χ4n) is 2.22. The van der Waals surface area contributed by atoms with Crippen LogP contribution in [0.25, 0.3) is 0 Å². The highest BCUT2D eigenvalue weighted by Crippen LogP contribution is 2.45. The molecule has 0 aromatic carbocycles. The van der Waals surface area contributed by atoms with Gasteiger partial charge in [0.05, 0.1) is 0 Å². The SMILES string of the molecule is NCCC1(c2cccc(Br)n2)CCC1. The Morgan fingerprint density at radius 1 is 1.43 bits per heavy atom. The lowest BCUT2D eigenvalue weighted by molar-refractivity contribution is 0.222. The molecule has 1 aromatic heterocycles. The van der Waals surface area contributed by atoms with Crippen LogP contribution in [0.15, 0.2) is 22.8 Å². The van der Waals surface area contributed by atoms with Crippen LogP contribution in [0, 0.1) is 0 Å². The van der Waals surface area contributed by atoms with Gasteiger partial charge in [0.1, 0.15) is 4.60 Å². The zero-order valence-corrected chi connectivity index (χ0v) is 9.76. The highest BCUT2D eigenvalue weighted by atomic mass is 79.9. The molecule has 1 saturated carbocycles. The molecule has 3 heteroatoms. The first kappa shape index (κ1) is 10.1. The molecule has 2 nitrogen and oxygen atoms in total. The molecule has 0 atom stereocenters. The van der Waals surface area contributed by atoms with Crippen LogP contribution in [0.4, 0.5) is 0 Å². The van der Waals surface area contributed by atoms with Gasteiger partial charge in [-0.3, -0.25) is 0 Å². The van der Waals surface area contributed by atoms with Crippen molar-refractivity contribution in [2.75, 3.05) is 6.54 Å². The monoisotopic (exact) mass is 254 g/mol. The Balaban J connectivity index is 2.27. The lowest BCUT2D eigenvalue weighted by Crippen LogP contribution is -2.37. The summed E-state index contributed by atoms with van der Waals surface area (Å²) >= 11 is 3.42. The number of nitrogens with zero attached hydrogens (tertiary/aromatic N) is 1. The molecule has 2 rings (SSSR count). The van der Waals surface area contributed by atoms with E-state index in [-0.39, 0.29) is 0 Å². The van der Waals surface area contributed by atoms with E-state index in [2.05, 4.69) is 33.0 Å². The maximum atomic E-state index is 5.66. The average Bonchev–Trinajstić information content (AvgIpc) is 2.11. The zero-order chi connectivity index (χ0) is 10.0. The normalized spacial score (nSPS) is 19.0. The van der Waals surface area contributed by atoms with Gasteiger partial charge in [-0.1, -0.05) is 12.5 Å². The van der Waals surface area contributed by atoms with Crippen molar-refractivity contribution < 1.29 is 0 Å². The van der Waals surface area contributed by atoms with Gasteiger partial charge in [0, 0.05) is 11.1 Å². The van der Waals surface area contributed by atoms with E-state index in [1.165, 1.54) is 25.0 Å². The van der Waals surface area contributed by atoms with Crippen molar-refractivity contribution in [1.29, 1.82) is 0 Å². The molecule has 2 N–H and O–H groups in total. The van der Waals surface area contributed by atoms with Crippen molar-refractivity contribution in [2.24, 2.45) is 5.73 Å². The molecule has 0 radical (unpaired) electrons. The van der Waals surface area contributed by atoms with Gasteiger partial charge in [-0.15, -0.1) is 0 Å². The summed E-state index contributed by atoms with van der Waals surface area (Å²) in [7, 11) is 0. The van der Waals surface area contributed by atoms with E-state index in [1.54, 1.807) is 0 Å². The van der Waals surface area contributed by atoms with Crippen LogP contribution >= 0.6 is 15.9 Å². The second-order valence-electron chi connectivity index (χ2n) is 4.02. The summed E-state index contributed by atoms with van der Waals surface area (Å²) in [5.41, 5.74) is 7.16. The van der Waals surface area contributed by atoms with E-state index < -0.39 is 0 Å². The van der Waals surface area contributed by atoms with E-state index in [9.17, 15) is 0 Å². The minimum Gasteiger partial charge on any atom is -0.330 e. The van der Waals surface area contributed by atoms with Crippen molar-refractivity contribution in [3.8, 4) is 0 Å². The Labute approximate surface area is 93.0 Å². The Morgan fingerprint density at radius 3 is 2.71 bits per heavy atom. The smallest absolute Gasteiger partial charge is 0.106 e. The highest BCUT2D eigenvalue weighted by Gasteiger charge is 2.38. The van der Waals surface area contributed by atoms with Crippen LogP contribution in [0.3, 0.4) is 0 Å². The van der Waals surface area contributed by atoms with Crippen LogP contribution in [-0.2, 0) is 5.41 Å². The summed E-state index contributed by atoms with van der Waals surface area (Å²) in [6, 6.07) is 6.15. The second kappa shape index (κ2) is 3.99. The fraction of sp³-hybridized carbons (Fsp3) is 0.545. The second-order valence-corrected chi connectivity index (χ2v) is 4.83. The van der Waals surface area contributed by atoms with Gasteiger partial charge in [0.2, 0.25) is 0 Å². The largest absolute Gasteiger partial charge is 0.330 e. The lowest BCUT2D eigenvalue weighted by Gasteiger charge is -2.41. The first-order valence-corrected chi connectivity index (χ1v) is 5.89. The molecule has 76 valence electrons. The summed E-state index contributed by atoms with van der Waals surface area (Å²) in [6.07, 6.45) is 4.87. The van der Waals surface area contributed by atoms with Gasteiger partial charge in [-0.05, 0) is 53.9 Å². The van der Waals surface area contributed by atoms with E-state index >= 15 is 0 Å². The van der Waals surface area contributed by atoms with Gasteiger partial charge in [-0.25, -0.2) is 4.98 Å². The van der Waals surface area contributed by atoms with Gasteiger partial charge in [0.15, 0.2) is 0 Å². The van der Waals surface area contributed by atoms with Gasteiger partial charge in [0.25, 0.3) is 0 Å². The van der Waals surface area contributed by atoms with E-state index in [1.807, 2.05) is 6.07 Å². The molecule has 0 bridgehead atoms. The molecule has 0 saturated heterocycles. The van der Waals surface area contributed by atoms with Crippen LogP contribution in [0.5, 0.6) is 0 Å². The molecule has 1 aliphatic carbocycles. The molecular formula is C11H15BrN2. The number of nitrogens with two attached hydrogens (primary N) is 1. The molecule has 1 aromatic rings. The summed E-state index contributed by atoms with van der Waals surface area (Å²) in [5, 5.41) is 0. The minimum atomic E-state index is 0.290. The van der Waals surface area contributed by atoms with Crippen molar-refractivity contribution in [1.82, 2.24) is 4.98 Å². The van der Waals surface area contributed by atoms with Gasteiger partial charge in [-0.2, -0.15) is 0 Å². The zero-order valence-electron chi connectivity index (χ0n) is 8.17. The summed E-state index contributed by atoms with van der Waals surface area (Å²) in [6.45, 7) is 0.758. The molecule has 1 heterocycles. The quantitative estimate of drug-likeness (QED) is 0.843. The van der Waals surface area contributed by atoms with E-state index in [4.69, 9.17) is 5.73 Å². The molecule has 0 aliphatic heterocycles. The number of rotatable bonds is 3. The number of aromatic nitrogens is 1. The van der Waals surface area contributed by atoms with Crippen molar-refractivity contribution in [2.45, 2.75) is 31.1 Å². The molecule has 0 unspecified atom stereocenters. The summed E-state index contributed by atoms with van der Waals surface area (Å²) in [5.74, 6) is 0. The first-order valence-electron chi connectivity index (χ1n) is 5.10. The Hall–Kier alpha value is -0.410. The standard InChI is InChI=1S/C11H15BrN2/c12-10-4-1-3-9(14-10)11(7-8-13)5-2-6-11/h1,3-4H,2,5-8,13H2. The van der Waals surface area contributed by atoms with Crippen LogP contribution in [0.1, 0.15) is 31.4 Å². The Kier molecular flexibility index (Phi) is 2.88.